The van der Waals surface area contributed by atoms with E-state index in [9.17, 15) is 0 Å². The summed E-state index contributed by atoms with van der Waals surface area (Å²) in [5.41, 5.74) is 27.0. The van der Waals surface area contributed by atoms with E-state index in [4.69, 9.17) is 0 Å². The molecular weight excluding hydrogens is 749 g/mol. The van der Waals surface area contributed by atoms with Crippen LogP contribution in [0.15, 0.2) is 194 Å². The highest BCUT2D eigenvalue weighted by Gasteiger charge is 2.56. The molecule has 2 unspecified atom stereocenters. The van der Waals surface area contributed by atoms with Crippen LogP contribution in [0.3, 0.4) is 0 Å². The van der Waals surface area contributed by atoms with Gasteiger partial charge in [-0.2, -0.15) is 0 Å². The SMILES string of the molecule is Cc1ccc(N2c3ccccc3C3(c4ccccc4-c4cc5c(cc43)-c3ccccc3C53c4ccccc4N(c4ccc(C)cc4)c4ccc(C)cc43)c3cc(C)ccc32)cc1. The second-order valence-corrected chi connectivity index (χ2v) is 18.0. The van der Waals surface area contributed by atoms with Crippen molar-refractivity contribution in [3.63, 3.8) is 0 Å². The summed E-state index contributed by atoms with van der Waals surface area (Å²) in [7, 11) is 0. The summed E-state index contributed by atoms with van der Waals surface area (Å²) in [6, 6.07) is 74.3. The molecule has 2 spiro atoms. The lowest BCUT2D eigenvalue weighted by Gasteiger charge is -2.46. The first-order chi connectivity index (χ1) is 30.4. The number of anilines is 6. The molecule has 0 radical (unpaired) electrons. The molecule has 2 aliphatic carbocycles. The maximum atomic E-state index is 2.62. The van der Waals surface area contributed by atoms with Gasteiger partial charge in [0.1, 0.15) is 0 Å². The van der Waals surface area contributed by atoms with Crippen LogP contribution in [0.2, 0.25) is 0 Å². The minimum Gasteiger partial charge on any atom is -0.310 e. The zero-order valence-electron chi connectivity index (χ0n) is 35.4. The minimum absolute atomic E-state index is 0.550. The van der Waals surface area contributed by atoms with Gasteiger partial charge in [0.15, 0.2) is 0 Å². The largest absolute Gasteiger partial charge is 0.310 e. The van der Waals surface area contributed by atoms with Crippen molar-refractivity contribution in [2.75, 3.05) is 9.80 Å². The summed E-state index contributed by atoms with van der Waals surface area (Å²) in [6.45, 7) is 8.82. The minimum atomic E-state index is -0.550. The van der Waals surface area contributed by atoms with Crippen LogP contribution in [-0.4, -0.2) is 0 Å². The number of benzene rings is 9. The summed E-state index contributed by atoms with van der Waals surface area (Å²) in [5, 5.41) is 0. The van der Waals surface area contributed by atoms with Crippen molar-refractivity contribution < 1.29 is 0 Å². The van der Waals surface area contributed by atoms with Crippen LogP contribution in [0, 0.1) is 27.7 Å². The van der Waals surface area contributed by atoms with Crippen molar-refractivity contribution in [2.45, 2.75) is 38.5 Å². The van der Waals surface area contributed by atoms with Gasteiger partial charge in [0, 0.05) is 11.4 Å². The zero-order valence-corrected chi connectivity index (χ0v) is 35.4. The van der Waals surface area contributed by atoms with Crippen LogP contribution in [0.4, 0.5) is 34.1 Å². The average Bonchev–Trinajstić information content (AvgIpc) is 3.75. The standard InChI is InChI=1S/C60H44N2/c1-37-21-27-41(28-22-37)61-55-19-11-9-17-49(55)59(53-33-39(3)25-31-57(53)61)47-15-7-5-13-43(47)45-36-52-46(35-51(45)59)44-14-6-8-16-48(44)60(52)50-18-10-12-20-56(50)62(42-29-23-38(2)24-30-42)58-32-26-40(4)34-54(58)60/h5-36H,1-4H3. The van der Waals surface area contributed by atoms with Crippen molar-refractivity contribution in [1.29, 1.82) is 0 Å². The third-order valence-corrected chi connectivity index (χ3v) is 14.5. The van der Waals surface area contributed by atoms with E-state index in [1.807, 2.05) is 0 Å². The third kappa shape index (κ3) is 4.39. The Hall–Kier alpha value is -7.42. The molecule has 0 fully saturated rings. The Morgan fingerprint density at radius 2 is 0.597 bits per heavy atom. The summed E-state index contributed by atoms with van der Waals surface area (Å²) < 4.78 is 0. The molecule has 2 nitrogen and oxygen atoms in total. The highest BCUT2D eigenvalue weighted by Crippen LogP contribution is 2.68. The Morgan fingerprint density at radius 3 is 1.02 bits per heavy atom. The topological polar surface area (TPSA) is 6.48 Å². The van der Waals surface area contributed by atoms with Crippen molar-refractivity contribution >= 4 is 34.1 Å². The van der Waals surface area contributed by atoms with Gasteiger partial charge in [-0.25, -0.2) is 0 Å². The van der Waals surface area contributed by atoms with E-state index in [-0.39, 0.29) is 0 Å². The molecule has 2 heteroatoms. The van der Waals surface area contributed by atoms with Crippen molar-refractivity contribution in [2.24, 2.45) is 0 Å². The predicted molar refractivity (Wildman–Crippen MR) is 256 cm³/mol. The number of nitrogens with zero attached hydrogens (tertiary/aromatic N) is 2. The number of aryl methyl sites for hydroxylation is 4. The molecule has 0 bridgehead atoms. The Balaban J connectivity index is 1.15. The van der Waals surface area contributed by atoms with Gasteiger partial charge < -0.3 is 9.80 Å². The van der Waals surface area contributed by atoms with Crippen molar-refractivity contribution in [3.05, 3.63) is 261 Å². The van der Waals surface area contributed by atoms with Gasteiger partial charge in [0.05, 0.1) is 33.6 Å². The molecule has 13 rings (SSSR count). The van der Waals surface area contributed by atoms with E-state index < -0.39 is 10.8 Å². The maximum Gasteiger partial charge on any atom is 0.0754 e. The lowest BCUT2D eigenvalue weighted by molar-refractivity contribution is 0.742. The van der Waals surface area contributed by atoms with Crippen LogP contribution in [0.25, 0.3) is 22.3 Å². The Bertz CT molecular complexity index is 3130. The van der Waals surface area contributed by atoms with E-state index in [2.05, 4.69) is 232 Å². The molecule has 0 saturated heterocycles. The van der Waals surface area contributed by atoms with Crippen molar-refractivity contribution in [3.8, 4) is 22.3 Å². The van der Waals surface area contributed by atoms with E-state index >= 15 is 0 Å². The monoisotopic (exact) mass is 792 g/mol. The third-order valence-electron chi connectivity index (χ3n) is 14.5. The molecule has 294 valence electrons. The summed E-state index contributed by atoms with van der Waals surface area (Å²) in [6.07, 6.45) is 0. The maximum absolute atomic E-state index is 2.62. The second-order valence-electron chi connectivity index (χ2n) is 18.0. The number of hydrogen-bond donors (Lipinski definition) is 0. The molecule has 9 aromatic rings. The van der Waals surface area contributed by atoms with Gasteiger partial charge in [-0.15, -0.1) is 0 Å². The summed E-state index contributed by atoms with van der Waals surface area (Å²) >= 11 is 0. The first-order valence-electron chi connectivity index (χ1n) is 21.9. The van der Waals surface area contributed by atoms with E-state index in [0.29, 0.717) is 0 Å². The first kappa shape index (κ1) is 35.3. The molecule has 4 aliphatic rings. The quantitative estimate of drug-likeness (QED) is 0.172. The average molecular weight is 793 g/mol. The first-order valence-corrected chi connectivity index (χ1v) is 21.9. The Labute approximate surface area is 364 Å². The lowest BCUT2D eigenvalue weighted by Crippen LogP contribution is -2.37. The number of hydrogen-bond acceptors (Lipinski definition) is 2. The smallest absolute Gasteiger partial charge is 0.0754 e. The predicted octanol–water partition coefficient (Wildman–Crippen LogP) is 15.2. The van der Waals surface area contributed by atoms with E-state index in [1.54, 1.807) is 0 Å². The molecule has 0 N–H and O–H groups in total. The number of rotatable bonds is 2. The molecule has 2 heterocycles. The van der Waals surface area contributed by atoms with Crippen LogP contribution in [0.5, 0.6) is 0 Å². The lowest BCUT2D eigenvalue weighted by atomic mass is 9.63. The van der Waals surface area contributed by atoms with Gasteiger partial charge in [0.2, 0.25) is 0 Å². The molecule has 62 heavy (non-hydrogen) atoms. The molecule has 2 atom stereocenters. The highest BCUT2D eigenvalue weighted by molar-refractivity contribution is 6.01. The Morgan fingerprint density at radius 1 is 0.258 bits per heavy atom. The molecular formula is C60H44N2. The van der Waals surface area contributed by atoms with Gasteiger partial charge >= 0.3 is 0 Å². The van der Waals surface area contributed by atoms with Gasteiger partial charge in [0.25, 0.3) is 0 Å². The van der Waals surface area contributed by atoms with E-state index in [0.717, 1.165) is 0 Å². The van der Waals surface area contributed by atoms with Crippen LogP contribution < -0.4 is 9.80 Å². The normalized spacial score (nSPS) is 18.1. The fourth-order valence-corrected chi connectivity index (χ4v) is 12.0. The summed E-state index contributed by atoms with van der Waals surface area (Å²) in [4.78, 5) is 4.98. The fourth-order valence-electron chi connectivity index (χ4n) is 12.0. The molecule has 9 aromatic carbocycles. The van der Waals surface area contributed by atoms with Crippen LogP contribution in [-0.2, 0) is 10.8 Å². The van der Waals surface area contributed by atoms with Crippen LogP contribution in [0.1, 0.15) is 66.8 Å². The van der Waals surface area contributed by atoms with Gasteiger partial charge in [-0.3, -0.25) is 0 Å². The molecule has 0 aromatic heterocycles. The van der Waals surface area contributed by atoms with Crippen LogP contribution >= 0.6 is 0 Å². The molecule has 0 saturated carbocycles. The van der Waals surface area contributed by atoms with Gasteiger partial charge in [-0.1, -0.05) is 156 Å². The number of fused-ring (bicyclic) bond motifs is 18. The summed E-state index contributed by atoms with van der Waals surface area (Å²) in [5.74, 6) is 0. The van der Waals surface area contributed by atoms with Gasteiger partial charge in [-0.05, 0) is 155 Å². The molecule has 2 aliphatic heterocycles. The Kier molecular flexibility index (Phi) is 7.16. The highest BCUT2D eigenvalue weighted by atomic mass is 15.2. The molecule has 0 amide bonds. The second kappa shape index (κ2) is 12.6. The fraction of sp³-hybridized carbons (Fsp3) is 0.100. The zero-order chi connectivity index (χ0) is 41.5. The van der Waals surface area contributed by atoms with E-state index in [1.165, 1.54) is 123 Å². The van der Waals surface area contributed by atoms with Crippen molar-refractivity contribution in [1.82, 2.24) is 0 Å². The number of para-hydroxylation sites is 2.